The fraction of sp³-hybridized carbons (Fsp3) is 0.364. The molecule has 0 aliphatic carbocycles. The molecule has 0 heterocycles. The molecular weight excluding hydrogens is 257 g/mol. The molecule has 1 atom stereocenters. The molecule has 0 aromatic heterocycles. The number of carbonyl (C=O) groups is 1. The average molecular weight is 267 g/mol. The third-order valence-corrected chi connectivity index (χ3v) is 2.25. The van der Waals surface area contributed by atoms with Gasteiger partial charge in [-0.1, -0.05) is 19.1 Å². The lowest BCUT2D eigenvalue weighted by atomic mass is 10.1. The van der Waals surface area contributed by atoms with Gasteiger partial charge in [-0.25, -0.2) is 8.78 Å². The largest absolute Gasteiger partial charge is 0.412 e. The van der Waals surface area contributed by atoms with E-state index in [-0.39, 0.29) is 6.42 Å². The summed E-state index contributed by atoms with van der Waals surface area (Å²) in [7, 11) is 0. The summed E-state index contributed by atoms with van der Waals surface area (Å²) in [5, 5.41) is 1.62. The van der Waals surface area contributed by atoms with Gasteiger partial charge in [0.1, 0.15) is 0 Å². The quantitative estimate of drug-likeness (QED) is 0.838. The van der Waals surface area contributed by atoms with Crippen molar-refractivity contribution in [3.63, 3.8) is 0 Å². The molecule has 2 nitrogen and oxygen atoms in total. The van der Waals surface area contributed by atoms with Crippen LogP contribution < -0.4 is 5.32 Å². The molecule has 1 amide bonds. The Hall–Kier alpha value is -1.66. The van der Waals surface area contributed by atoms with Gasteiger partial charge in [0, 0.05) is 12.0 Å². The zero-order valence-electron chi connectivity index (χ0n) is 9.31. The summed E-state index contributed by atoms with van der Waals surface area (Å²) in [4.78, 5) is 11.0. The van der Waals surface area contributed by atoms with E-state index in [0.29, 0.717) is 6.07 Å². The van der Waals surface area contributed by atoms with E-state index in [1.807, 2.05) is 0 Å². The van der Waals surface area contributed by atoms with Crippen molar-refractivity contribution in [2.75, 3.05) is 0 Å². The van der Waals surface area contributed by atoms with Gasteiger partial charge in [0.05, 0.1) is 0 Å². The normalized spacial score (nSPS) is 13.2. The molecule has 7 heteroatoms. The van der Waals surface area contributed by atoms with Gasteiger partial charge in [-0.05, 0) is 6.07 Å². The van der Waals surface area contributed by atoms with Crippen LogP contribution in [0.25, 0.3) is 0 Å². The Balaban J connectivity index is 3.18. The Morgan fingerprint density at radius 1 is 1.33 bits per heavy atom. The number of alkyl halides is 3. The molecule has 0 radical (unpaired) electrons. The monoisotopic (exact) mass is 267 g/mol. The molecular formula is C11H10F5NO. The van der Waals surface area contributed by atoms with Gasteiger partial charge < -0.3 is 5.32 Å². The second-order valence-corrected chi connectivity index (χ2v) is 3.54. The van der Waals surface area contributed by atoms with Crippen LogP contribution in [0.5, 0.6) is 0 Å². The van der Waals surface area contributed by atoms with Crippen molar-refractivity contribution < 1.29 is 26.7 Å². The van der Waals surface area contributed by atoms with Gasteiger partial charge in [-0.2, -0.15) is 13.2 Å². The third kappa shape index (κ3) is 3.18. The van der Waals surface area contributed by atoms with Crippen LogP contribution in [0, 0.1) is 11.6 Å². The lowest BCUT2D eigenvalue weighted by Gasteiger charge is -2.22. The van der Waals surface area contributed by atoms with E-state index in [4.69, 9.17) is 0 Å². The van der Waals surface area contributed by atoms with E-state index in [0.717, 1.165) is 12.1 Å². The van der Waals surface area contributed by atoms with Crippen LogP contribution in [0.2, 0.25) is 0 Å². The van der Waals surface area contributed by atoms with Crippen LogP contribution in [0.1, 0.15) is 24.9 Å². The van der Waals surface area contributed by atoms with Gasteiger partial charge >= 0.3 is 6.18 Å². The van der Waals surface area contributed by atoms with Crippen molar-refractivity contribution in [3.05, 3.63) is 35.4 Å². The van der Waals surface area contributed by atoms with Gasteiger partial charge in [-0.15, -0.1) is 0 Å². The van der Waals surface area contributed by atoms with Crippen LogP contribution in [-0.4, -0.2) is 12.1 Å². The summed E-state index contributed by atoms with van der Waals surface area (Å²) < 4.78 is 64.3. The summed E-state index contributed by atoms with van der Waals surface area (Å²) in [6, 6.07) is -0.119. The maximum atomic E-state index is 13.3. The second kappa shape index (κ2) is 5.32. The highest BCUT2D eigenvalue weighted by molar-refractivity contribution is 5.76. The average Bonchev–Trinajstić information content (AvgIpc) is 2.28. The van der Waals surface area contributed by atoms with Crippen molar-refractivity contribution in [2.24, 2.45) is 0 Å². The first-order chi connectivity index (χ1) is 8.27. The molecule has 18 heavy (non-hydrogen) atoms. The molecule has 1 unspecified atom stereocenters. The van der Waals surface area contributed by atoms with Crippen molar-refractivity contribution in [1.82, 2.24) is 5.32 Å². The number of nitrogens with one attached hydrogen (secondary N) is 1. The van der Waals surface area contributed by atoms with Crippen molar-refractivity contribution >= 4 is 5.91 Å². The lowest BCUT2D eigenvalue weighted by Crippen LogP contribution is -2.38. The summed E-state index contributed by atoms with van der Waals surface area (Å²) in [6.45, 7) is 1.35. The smallest absolute Gasteiger partial charge is 0.341 e. The molecule has 0 spiro atoms. The van der Waals surface area contributed by atoms with E-state index in [9.17, 15) is 26.7 Å². The van der Waals surface area contributed by atoms with Crippen LogP contribution in [0.3, 0.4) is 0 Å². The number of carbonyl (C=O) groups excluding carboxylic acids is 1. The van der Waals surface area contributed by atoms with Gasteiger partial charge in [-0.3, -0.25) is 4.79 Å². The van der Waals surface area contributed by atoms with Crippen LogP contribution >= 0.6 is 0 Å². The second-order valence-electron chi connectivity index (χ2n) is 3.54. The number of halogens is 5. The van der Waals surface area contributed by atoms with Crippen LogP contribution in [0.4, 0.5) is 22.0 Å². The fourth-order valence-corrected chi connectivity index (χ4v) is 1.34. The predicted octanol–water partition coefficient (Wildman–Crippen LogP) is 3.09. The first-order valence-corrected chi connectivity index (χ1v) is 5.07. The Bertz CT molecular complexity index is 444. The highest BCUT2D eigenvalue weighted by atomic mass is 19.4. The third-order valence-electron chi connectivity index (χ3n) is 2.25. The van der Waals surface area contributed by atoms with E-state index >= 15 is 0 Å². The summed E-state index contributed by atoms with van der Waals surface area (Å²) in [5.41, 5.74) is -0.940. The molecule has 1 N–H and O–H groups in total. The van der Waals surface area contributed by atoms with Gasteiger partial charge in [0.2, 0.25) is 5.91 Å². The molecule has 0 aliphatic rings. The number of amides is 1. The minimum atomic E-state index is -4.90. The standard InChI is InChI=1S/C11H10F5NO/c1-2-8(18)17-10(11(14,15)16)6-4-3-5-7(12)9(6)13/h3-5,10H,2H2,1H3,(H,17,18). The van der Waals surface area contributed by atoms with Gasteiger partial charge in [0.25, 0.3) is 0 Å². The first-order valence-electron chi connectivity index (χ1n) is 5.07. The topological polar surface area (TPSA) is 29.1 Å². The number of hydrogen-bond donors (Lipinski definition) is 1. The highest BCUT2D eigenvalue weighted by Gasteiger charge is 2.43. The maximum Gasteiger partial charge on any atom is 0.412 e. The Morgan fingerprint density at radius 2 is 1.94 bits per heavy atom. The molecule has 0 aliphatic heterocycles. The molecule has 1 aromatic carbocycles. The highest BCUT2D eigenvalue weighted by Crippen LogP contribution is 2.34. The SMILES string of the molecule is CCC(=O)NC(c1cccc(F)c1F)C(F)(F)F. The number of hydrogen-bond acceptors (Lipinski definition) is 1. The molecule has 1 aromatic rings. The minimum absolute atomic E-state index is 0.191. The van der Waals surface area contributed by atoms with E-state index in [1.54, 1.807) is 5.32 Å². The molecule has 0 fully saturated rings. The Morgan fingerprint density at radius 3 is 2.44 bits per heavy atom. The van der Waals surface area contributed by atoms with Gasteiger partial charge in [0.15, 0.2) is 17.7 Å². The summed E-state index contributed by atoms with van der Waals surface area (Å²) in [6.07, 6.45) is -5.09. The molecule has 0 bridgehead atoms. The predicted molar refractivity (Wildman–Crippen MR) is 53.6 cm³/mol. The Kier molecular flexibility index (Phi) is 4.26. The molecule has 100 valence electrons. The Labute approximate surface area is 99.8 Å². The zero-order chi connectivity index (χ0) is 13.9. The molecule has 0 saturated heterocycles. The lowest BCUT2D eigenvalue weighted by molar-refractivity contribution is -0.164. The van der Waals surface area contributed by atoms with Crippen molar-refractivity contribution in [1.29, 1.82) is 0 Å². The van der Waals surface area contributed by atoms with Crippen molar-refractivity contribution in [3.8, 4) is 0 Å². The maximum absolute atomic E-state index is 13.3. The fourth-order valence-electron chi connectivity index (χ4n) is 1.34. The zero-order valence-corrected chi connectivity index (χ0v) is 9.31. The van der Waals surface area contributed by atoms with Crippen molar-refractivity contribution in [2.45, 2.75) is 25.6 Å². The first kappa shape index (κ1) is 14.4. The molecule has 0 saturated carbocycles. The van der Waals surface area contributed by atoms with E-state index in [1.165, 1.54) is 6.92 Å². The minimum Gasteiger partial charge on any atom is -0.341 e. The summed E-state index contributed by atoms with van der Waals surface area (Å²) in [5.74, 6) is -3.91. The van der Waals surface area contributed by atoms with E-state index in [2.05, 4.69) is 0 Å². The molecule has 1 rings (SSSR count). The van der Waals surface area contributed by atoms with Crippen LogP contribution in [-0.2, 0) is 4.79 Å². The summed E-state index contributed by atoms with van der Waals surface area (Å²) >= 11 is 0. The number of rotatable bonds is 3. The van der Waals surface area contributed by atoms with Crippen LogP contribution in [0.15, 0.2) is 18.2 Å². The number of benzene rings is 1. The van der Waals surface area contributed by atoms with E-state index < -0.39 is 35.3 Å².